The summed E-state index contributed by atoms with van der Waals surface area (Å²) in [5.41, 5.74) is 0. The Labute approximate surface area is 226 Å². The van der Waals surface area contributed by atoms with Crippen molar-refractivity contribution in [3.05, 3.63) is 0 Å². The number of hydrogen-bond donors (Lipinski definition) is 5. The number of phosphoric ester groups is 1. The topological polar surface area (TPSA) is 180 Å². The zero-order chi connectivity index (χ0) is 29.8. The Morgan fingerprint density at radius 2 is 1.26 bits per heavy atom. The lowest BCUT2D eigenvalue weighted by atomic mass is 9.95. The summed E-state index contributed by atoms with van der Waals surface area (Å²) < 4.78 is 21.5. The Hall–Kier alpha value is -2.01. The third kappa shape index (κ3) is 14.8. The number of ether oxygens (including phenoxy) is 1. The van der Waals surface area contributed by atoms with Gasteiger partial charge >= 0.3 is 13.8 Å². The third-order valence-corrected chi connectivity index (χ3v) is 6.10. The summed E-state index contributed by atoms with van der Waals surface area (Å²) in [5, 5.41) is 8.17. The van der Waals surface area contributed by atoms with Gasteiger partial charge in [0.05, 0.1) is 19.1 Å². The molecule has 222 valence electrons. The summed E-state index contributed by atoms with van der Waals surface area (Å²) in [4.78, 5) is 69.8. The summed E-state index contributed by atoms with van der Waals surface area (Å²) in [6.07, 6.45) is -1.38. The molecular weight excluding hydrogens is 517 g/mol. The normalized spacial score (nSPS) is 15.2. The van der Waals surface area contributed by atoms with E-state index < -0.39 is 56.3 Å². The quantitative estimate of drug-likeness (QED) is 0.131. The first-order valence-corrected chi connectivity index (χ1v) is 14.7. The average molecular weight is 566 g/mol. The van der Waals surface area contributed by atoms with Crippen molar-refractivity contribution in [3.8, 4) is 0 Å². The molecule has 0 rings (SSSR count). The number of esters is 1. The molecule has 0 radical (unpaired) electrons. The Morgan fingerprint density at radius 1 is 0.763 bits per heavy atom. The molecule has 0 spiro atoms. The Balaban J connectivity index is 5.90. The fraction of sp³-hybridized carbons (Fsp3) is 0.840. The standard InChI is InChI=1S/C25H48N3O9P/c1-10-36-21(30)13-19(37-38(33,34)35)18(11-14(2)3)26-24(31)23(17(8)9)28-25(32)22(16(6)7)27-20(29)12-15(4)5/h14-19,22-23H,10-13H2,1-9H3,(H,26,31)(H,27,29)(H,28,32)(H2,33,34,35)/t18?,19?,22-,23-/m0/s1. The molecule has 0 aliphatic carbocycles. The van der Waals surface area contributed by atoms with E-state index in [9.17, 15) is 33.5 Å². The lowest BCUT2D eigenvalue weighted by Crippen LogP contribution is -2.59. The number of carbonyl (C=O) groups excluding carboxylic acids is 4. The molecule has 0 saturated carbocycles. The molecule has 5 N–H and O–H groups in total. The molecule has 3 amide bonds. The Morgan fingerprint density at radius 3 is 1.68 bits per heavy atom. The molecule has 0 heterocycles. The molecule has 38 heavy (non-hydrogen) atoms. The van der Waals surface area contributed by atoms with Crippen molar-refractivity contribution in [2.75, 3.05) is 6.61 Å². The van der Waals surface area contributed by atoms with Crippen molar-refractivity contribution in [2.24, 2.45) is 23.7 Å². The number of carbonyl (C=O) groups is 4. The van der Waals surface area contributed by atoms with E-state index in [4.69, 9.17) is 9.26 Å². The van der Waals surface area contributed by atoms with Crippen LogP contribution in [0.25, 0.3) is 0 Å². The first-order chi connectivity index (χ1) is 17.4. The van der Waals surface area contributed by atoms with Crippen molar-refractivity contribution < 1.29 is 42.8 Å². The van der Waals surface area contributed by atoms with Gasteiger partial charge in [0.25, 0.3) is 0 Å². The van der Waals surface area contributed by atoms with Gasteiger partial charge < -0.3 is 30.5 Å². The van der Waals surface area contributed by atoms with Crippen molar-refractivity contribution in [2.45, 2.75) is 106 Å². The van der Waals surface area contributed by atoms with Crippen molar-refractivity contribution >= 4 is 31.5 Å². The predicted molar refractivity (Wildman–Crippen MR) is 143 cm³/mol. The maximum absolute atomic E-state index is 13.4. The molecule has 13 heteroatoms. The Kier molecular flexibility index (Phi) is 16.0. The average Bonchev–Trinajstić information content (AvgIpc) is 2.72. The Bertz CT molecular complexity index is 827. The second-order valence-corrected chi connectivity index (χ2v) is 12.2. The fourth-order valence-electron chi connectivity index (χ4n) is 3.81. The summed E-state index contributed by atoms with van der Waals surface area (Å²) in [7, 11) is -5.02. The van der Waals surface area contributed by atoms with Crippen LogP contribution in [0.3, 0.4) is 0 Å². The minimum Gasteiger partial charge on any atom is -0.466 e. The minimum atomic E-state index is -5.02. The summed E-state index contributed by atoms with van der Waals surface area (Å²) in [5.74, 6) is -2.70. The van der Waals surface area contributed by atoms with E-state index in [1.54, 1.807) is 34.6 Å². The highest BCUT2D eigenvalue weighted by molar-refractivity contribution is 7.46. The van der Waals surface area contributed by atoms with Crippen LogP contribution in [-0.2, 0) is 33.0 Å². The second-order valence-electron chi connectivity index (χ2n) is 11.0. The van der Waals surface area contributed by atoms with E-state index in [0.717, 1.165) is 0 Å². The van der Waals surface area contributed by atoms with Crippen molar-refractivity contribution in [3.63, 3.8) is 0 Å². The van der Waals surface area contributed by atoms with E-state index in [2.05, 4.69) is 16.0 Å². The summed E-state index contributed by atoms with van der Waals surface area (Å²) in [6, 6.07) is -2.86. The SMILES string of the molecule is CCOC(=O)CC(OP(=O)(O)O)C(CC(C)C)NC(=O)[C@@H](NC(=O)[C@@H](NC(=O)CC(C)C)C(C)C)C(C)C. The molecule has 0 aromatic heterocycles. The van der Waals surface area contributed by atoms with E-state index >= 15 is 0 Å². The van der Waals surface area contributed by atoms with Gasteiger partial charge in [-0.2, -0.15) is 0 Å². The summed E-state index contributed by atoms with van der Waals surface area (Å²) >= 11 is 0. The van der Waals surface area contributed by atoms with E-state index in [0.29, 0.717) is 0 Å². The van der Waals surface area contributed by atoms with Gasteiger partial charge in [-0.3, -0.25) is 23.7 Å². The predicted octanol–water partition coefficient (Wildman–Crippen LogP) is 2.28. The highest BCUT2D eigenvalue weighted by atomic mass is 31.2. The molecule has 0 fully saturated rings. The van der Waals surface area contributed by atoms with Crippen LogP contribution in [-0.4, -0.2) is 64.3 Å². The van der Waals surface area contributed by atoms with Gasteiger partial charge in [-0.1, -0.05) is 55.4 Å². The zero-order valence-electron chi connectivity index (χ0n) is 24.1. The molecule has 0 aliphatic rings. The zero-order valence-corrected chi connectivity index (χ0v) is 25.0. The number of phosphoric acid groups is 1. The second kappa shape index (κ2) is 16.8. The third-order valence-electron chi connectivity index (χ3n) is 5.55. The first kappa shape index (κ1) is 36.0. The molecule has 0 aliphatic heterocycles. The monoisotopic (exact) mass is 565 g/mol. The van der Waals surface area contributed by atoms with Gasteiger partial charge in [0, 0.05) is 6.42 Å². The van der Waals surface area contributed by atoms with Gasteiger partial charge in [0.2, 0.25) is 17.7 Å². The lowest BCUT2D eigenvalue weighted by molar-refractivity contribution is -0.146. The number of amides is 3. The van der Waals surface area contributed by atoms with E-state index in [1.165, 1.54) is 0 Å². The molecule has 0 saturated heterocycles. The van der Waals surface area contributed by atoms with Crippen LogP contribution in [0, 0.1) is 23.7 Å². The van der Waals surface area contributed by atoms with Gasteiger partial charge in [0.15, 0.2) is 0 Å². The highest BCUT2D eigenvalue weighted by Gasteiger charge is 2.36. The molecule has 0 aromatic rings. The van der Waals surface area contributed by atoms with Crippen molar-refractivity contribution in [1.29, 1.82) is 0 Å². The minimum absolute atomic E-state index is 0.0426. The number of nitrogens with one attached hydrogen (secondary N) is 3. The highest BCUT2D eigenvalue weighted by Crippen LogP contribution is 2.39. The number of rotatable bonds is 17. The molecule has 0 bridgehead atoms. The van der Waals surface area contributed by atoms with E-state index in [1.807, 2.05) is 27.7 Å². The van der Waals surface area contributed by atoms with Crippen LogP contribution >= 0.6 is 7.82 Å². The maximum atomic E-state index is 13.4. The van der Waals surface area contributed by atoms with Crippen LogP contribution < -0.4 is 16.0 Å². The molecule has 4 atom stereocenters. The van der Waals surface area contributed by atoms with Crippen LogP contribution in [0.15, 0.2) is 0 Å². The largest absolute Gasteiger partial charge is 0.469 e. The molecule has 12 nitrogen and oxygen atoms in total. The van der Waals surface area contributed by atoms with Gasteiger partial charge in [-0.15, -0.1) is 0 Å². The smallest absolute Gasteiger partial charge is 0.466 e. The van der Waals surface area contributed by atoms with Crippen LogP contribution in [0.1, 0.15) is 81.6 Å². The molecule has 0 aromatic carbocycles. The van der Waals surface area contributed by atoms with Crippen LogP contribution in [0.4, 0.5) is 0 Å². The van der Waals surface area contributed by atoms with Crippen LogP contribution in [0.5, 0.6) is 0 Å². The van der Waals surface area contributed by atoms with Crippen LogP contribution in [0.2, 0.25) is 0 Å². The lowest BCUT2D eigenvalue weighted by Gasteiger charge is -2.32. The first-order valence-electron chi connectivity index (χ1n) is 13.2. The summed E-state index contributed by atoms with van der Waals surface area (Å²) in [6.45, 7) is 16.1. The fourth-order valence-corrected chi connectivity index (χ4v) is 4.39. The van der Waals surface area contributed by atoms with Gasteiger partial charge in [0.1, 0.15) is 18.2 Å². The maximum Gasteiger partial charge on any atom is 0.469 e. The van der Waals surface area contributed by atoms with E-state index in [-0.39, 0.29) is 49.0 Å². The number of hydrogen-bond acceptors (Lipinski definition) is 7. The molecular formula is C25H48N3O9P. The van der Waals surface area contributed by atoms with Crippen molar-refractivity contribution in [1.82, 2.24) is 16.0 Å². The molecule has 2 unspecified atom stereocenters. The van der Waals surface area contributed by atoms with Gasteiger partial charge in [-0.25, -0.2) is 4.57 Å². The van der Waals surface area contributed by atoms with Gasteiger partial charge in [-0.05, 0) is 37.0 Å².